The number of aryl methyl sites for hydroxylation is 1. The summed E-state index contributed by atoms with van der Waals surface area (Å²) >= 11 is 1.93. The van der Waals surface area contributed by atoms with Crippen LogP contribution in [0.5, 0.6) is 0 Å². The monoisotopic (exact) mass is 211 g/mol. The topological polar surface area (TPSA) is 37.8 Å². The molecule has 3 nitrogen and oxygen atoms in total. The number of nitrogens with one attached hydrogen (secondary N) is 1. The maximum absolute atomic E-state index is 4.15. The summed E-state index contributed by atoms with van der Waals surface area (Å²) in [6, 6.07) is 2.01. The van der Waals surface area contributed by atoms with Crippen molar-refractivity contribution in [3.63, 3.8) is 0 Å². The number of rotatable bonds is 6. The van der Waals surface area contributed by atoms with Gasteiger partial charge in [-0.3, -0.25) is 0 Å². The molecule has 0 saturated carbocycles. The van der Waals surface area contributed by atoms with Crippen molar-refractivity contribution in [3.05, 3.63) is 18.1 Å². The second-order valence-electron chi connectivity index (χ2n) is 2.87. The number of hydrogen-bond donors (Lipinski definition) is 1. The van der Waals surface area contributed by atoms with Crippen molar-refractivity contribution in [3.8, 4) is 0 Å². The van der Waals surface area contributed by atoms with Gasteiger partial charge in [-0.25, -0.2) is 9.97 Å². The van der Waals surface area contributed by atoms with Gasteiger partial charge in [0.2, 0.25) is 0 Å². The highest BCUT2D eigenvalue weighted by atomic mass is 32.2. The van der Waals surface area contributed by atoms with Gasteiger partial charge >= 0.3 is 0 Å². The molecule has 1 aromatic heterocycles. The van der Waals surface area contributed by atoms with Crippen LogP contribution in [0.1, 0.15) is 19.5 Å². The van der Waals surface area contributed by atoms with Gasteiger partial charge in [-0.2, -0.15) is 11.8 Å². The Kier molecular flexibility index (Phi) is 5.37. The molecule has 0 saturated heterocycles. The Morgan fingerprint density at radius 1 is 1.36 bits per heavy atom. The van der Waals surface area contributed by atoms with Gasteiger partial charge in [0.1, 0.15) is 12.1 Å². The maximum atomic E-state index is 4.15. The summed E-state index contributed by atoms with van der Waals surface area (Å²) < 4.78 is 0. The molecule has 78 valence electrons. The summed E-state index contributed by atoms with van der Waals surface area (Å²) in [4.78, 5) is 8.30. The fourth-order valence-electron chi connectivity index (χ4n) is 1.08. The zero-order valence-corrected chi connectivity index (χ0v) is 9.60. The minimum Gasteiger partial charge on any atom is -0.369 e. The van der Waals surface area contributed by atoms with Crippen molar-refractivity contribution >= 4 is 17.6 Å². The van der Waals surface area contributed by atoms with Crippen LogP contribution in [0.2, 0.25) is 0 Å². The molecule has 1 N–H and O–H groups in total. The normalized spacial score (nSPS) is 10.1. The molecular weight excluding hydrogens is 194 g/mol. The molecule has 1 aromatic rings. The second kappa shape index (κ2) is 6.65. The quantitative estimate of drug-likeness (QED) is 0.732. The average Bonchev–Trinajstić information content (AvgIpc) is 2.25. The van der Waals surface area contributed by atoms with E-state index in [0.717, 1.165) is 30.2 Å². The molecule has 0 atom stereocenters. The molecule has 14 heavy (non-hydrogen) atoms. The van der Waals surface area contributed by atoms with E-state index in [9.17, 15) is 0 Å². The molecule has 0 spiro atoms. The van der Waals surface area contributed by atoms with Crippen molar-refractivity contribution in [2.75, 3.05) is 23.4 Å². The van der Waals surface area contributed by atoms with E-state index in [-0.39, 0.29) is 0 Å². The van der Waals surface area contributed by atoms with Crippen LogP contribution < -0.4 is 5.32 Å². The van der Waals surface area contributed by atoms with E-state index in [1.807, 2.05) is 17.8 Å². The Balaban J connectivity index is 2.34. The molecule has 0 aliphatic carbocycles. The van der Waals surface area contributed by atoms with E-state index in [2.05, 4.69) is 29.1 Å². The first-order valence-corrected chi connectivity index (χ1v) is 6.14. The van der Waals surface area contributed by atoms with Crippen LogP contribution in [0, 0.1) is 0 Å². The van der Waals surface area contributed by atoms with E-state index >= 15 is 0 Å². The third kappa shape index (κ3) is 3.96. The summed E-state index contributed by atoms with van der Waals surface area (Å²) in [6.45, 7) is 5.24. The van der Waals surface area contributed by atoms with Gasteiger partial charge in [-0.1, -0.05) is 13.8 Å². The Labute approximate surface area is 89.7 Å². The molecule has 0 bridgehead atoms. The van der Waals surface area contributed by atoms with Crippen LogP contribution in [0.15, 0.2) is 12.4 Å². The Bertz CT molecular complexity index is 265. The minimum absolute atomic E-state index is 0.938. The van der Waals surface area contributed by atoms with Crippen LogP contribution in [0.25, 0.3) is 0 Å². The molecule has 0 aliphatic heterocycles. The van der Waals surface area contributed by atoms with Gasteiger partial charge in [0, 0.05) is 24.1 Å². The maximum Gasteiger partial charge on any atom is 0.129 e. The van der Waals surface area contributed by atoms with E-state index in [1.54, 1.807) is 6.33 Å². The van der Waals surface area contributed by atoms with Crippen molar-refractivity contribution in [1.29, 1.82) is 0 Å². The predicted molar refractivity (Wildman–Crippen MR) is 62.9 cm³/mol. The van der Waals surface area contributed by atoms with Crippen molar-refractivity contribution in [1.82, 2.24) is 9.97 Å². The largest absolute Gasteiger partial charge is 0.369 e. The van der Waals surface area contributed by atoms with Gasteiger partial charge in [-0.15, -0.1) is 0 Å². The zero-order valence-electron chi connectivity index (χ0n) is 8.79. The van der Waals surface area contributed by atoms with E-state index in [4.69, 9.17) is 0 Å². The molecule has 1 rings (SSSR count). The molecule has 1 heterocycles. The summed E-state index contributed by atoms with van der Waals surface area (Å²) in [7, 11) is 0. The third-order valence-corrected chi connectivity index (χ3v) is 2.74. The summed E-state index contributed by atoms with van der Waals surface area (Å²) in [5.74, 6) is 3.24. The highest BCUT2D eigenvalue weighted by Crippen LogP contribution is 2.05. The molecular formula is C10H17N3S. The summed E-state index contributed by atoms with van der Waals surface area (Å²) in [5, 5.41) is 3.28. The van der Waals surface area contributed by atoms with Crippen LogP contribution >= 0.6 is 11.8 Å². The Morgan fingerprint density at radius 2 is 2.21 bits per heavy atom. The second-order valence-corrected chi connectivity index (χ2v) is 4.27. The number of nitrogens with zero attached hydrogens (tertiary/aromatic N) is 2. The van der Waals surface area contributed by atoms with Crippen molar-refractivity contribution < 1.29 is 0 Å². The molecule has 0 aromatic carbocycles. The minimum atomic E-state index is 0.938. The van der Waals surface area contributed by atoms with E-state index in [1.165, 1.54) is 5.75 Å². The zero-order chi connectivity index (χ0) is 10.2. The van der Waals surface area contributed by atoms with Crippen molar-refractivity contribution in [2.24, 2.45) is 0 Å². The lowest BCUT2D eigenvalue weighted by molar-refractivity contribution is 0.992. The molecule has 0 amide bonds. The Morgan fingerprint density at radius 3 is 2.93 bits per heavy atom. The highest BCUT2D eigenvalue weighted by molar-refractivity contribution is 7.99. The number of hydrogen-bond acceptors (Lipinski definition) is 4. The predicted octanol–water partition coefficient (Wildman–Crippen LogP) is 2.20. The van der Waals surface area contributed by atoms with Crippen LogP contribution in [-0.2, 0) is 6.42 Å². The van der Waals surface area contributed by atoms with E-state index in [0.29, 0.717) is 0 Å². The summed E-state index contributed by atoms with van der Waals surface area (Å²) in [5.41, 5.74) is 1.09. The number of aromatic nitrogens is 2. The highest BCUT2D eigenvalue weighted by Gasteiger charge is 1.95. The van der Waals surface area contributed by atoms with Gasteiger partial charge in [0.15, 0.2) is 0 Å². The SMILES string of the molecule is CCSCCNc1cc(CC)ncn1. The standard InChI is InChI=1S/C10H17N3S/c1-3-9-7-10(13-8-12-9)11-5-6-14-4-2/h7-8H,3-6H2,1-2H3,(H,11,12,13). The fraction of sp³-hybridized carbons (Fsp3) is 0.600. The lowest BCUT2D eigenvalue weighted by Crippen LogP contribution is -2.06. The average molecular weight is 211 g/mol. The third-order valence-electron chi connectivity index (χ3n) is 1.84. The molecule has 0 aliphatic rings. The fourth-order valence-corrected chi connectivity index (χ4v) is 1.62. The van der Waals surface area contributed by atoms with Crippen LogP contribution in [-0.4, -0.2) is 28.0 Å². The first kappa shape index (κ1) is 11.3. The molecule has 4 heteroatoms. The number of thioether (sulfide) groups is 1. The smallest absolute Gasteiger partial charge is 0.129 e. The molecule has 0 radical (unpaired) electrons. The summed E-state index contributed by atoms with van der Waals surface area (Å²) in [6.07, 6.45) is 2.58. The molecule has 0 unspecified atom stereocenters. The van der Waals surface area contributed by atoms with E-state index < -0.39 is 0 Å². The first-order valence-electron chi connectivity index (χ1n) is 4.99. The van der Waals surface area contributed by atoms with Gasteiger partial charge in [0.25, 0.3) is 0 Å². The lowest BCUT2D eigenvalue weighted by Gasteiger charge is -2.05. The van der Waals surface area contributed by atoms with Crippen molar-refractivity contribution in [2.45, 2.75) is 20.3 Å². The van der Waals surface area contributed by atoms with Gasteiger partial charge in [-0.05, 0) is 12.2 Å². The first-order chi connectivity index (χ1) is 6.86. The number of anilines is 1. The van der Waals surface area contributed by atoms with Crippen LogP contribution in [0.4, 0.5) is 5.82 Å². The molecule has 0 fully saturated rings. The Hall–Kier alpha value is -0.770. The van der Waals surface area contributed by atoms with Gasteiger partial charge in [0.05, 0.1) is 0 Å². The van der Waals surface area contributed by atoms with Gasteiger partial charge < -0.3 is 5.32 Å². The van der Waals surface area contributed by atoms with Crippen LogP contribution in [0.3, 0.4) is 0 Å². The lowest BCUT2D eigenvalue weighted by atomic mass is 10.3.